The van der Waals surface area contributed by atoms with E-state index in [0.717, 1.165) is 49.5 Å². The Balaban J connectivity index is 1.62. The van der Waals surface area contributed by atoms with Gasteiger partial charge in [0.25, 0.3) is 0 Å². The molecule has 116 valence electrons. The van der Waals surface area contributed by atoms with Crippen LogP contribution in [0.4, 0.5) is 0 Å². The van der Waals surface area contributed by atoms with Gasteiger partial charge in [0.2, 0.25) is 5.91 Å². The lowest BCUT2D eigenvalue weighted by molar-refractivity contribution is -0.122. The minimum atomic E-state index is 0.0888. The highest BCUT2D eigenvalue weighted by Crippen LogP contribution is 2.49. The van der Waals surface area contributed by atoms with Crippen molar-refractivity contribution in [2.45, 2.75) is 38.5 Å². The van der Waals surface area contributed by atoms with Gasteiger partial charge in [-0.3, -0.25) is 4.79 Å². The number of carbonyl (C=O) groups is 1. The monoisotopic (exact) mass is 309 g/mol. The number of benzene rings is 1. The van der Waals surface area contributed by atoms with Crippen LogP contribution in [0.1, 0.15) is 44.1 Å². The number of unbranched alkanes of at least 4 members (excludes halogenated alkanes) is 1. The molecule has 0 aliphatic heterocycles. The fourth-order valence-corrected chi connectivity index (χ4v) is 2.75. The molecule has 1 amide bonds. The van der Waals surface area contributed by atoms with Crippen LogP contribution in [0.3, 0.4) is 0 Å². The van der Waals surface area contributed by atoms with E-state index in [4.69, 9.17) is 16.3 Å². The van der Waals surface area contributed by atoms with Gasteiger partial charge in [-0.05, 0) is 36.8 Å². The number of hydrogen-bond donors (Lipinski definition) is 1. The van der Waals surface area contributed by atoms with E-state index in [2.05, 4.69) is 12.2 Å². The molecule has 2 atom stereocenters. The predicted molar refractivity (Wildman–Crippen MR) is 85.7 cm³/mol. The van der Waals surface area contributed by atoms with Crippen LogP contribution >= 0.6 is 11.6 Å². The van der Waals surface area contributed by atoms with Crippen molar-refractivity contribution in [3.8, 4) is 0 Å². The van der Waals surface area contributed by atoms with Crippen LogP contribution < -0.4 is 5.32 Å². The first-order chi connectivity index (χ1) is 10.2. The summed E-state index contributed by atoms with van der Waals surface area (Å²) in [4.78, 5) is 12.0. The highest BCUT2D eigenvalue weighted by atomic mass is 35.5. The smallest absolute Gasteiger partial charge is 0.223 e. The van der Waals surface area contributed by atoms with E-state index >= 15 is 0 Å². The SMILES string of the molecule is CCCCOCCCNC(=O)C1CC1c1ccccc1Cl. The van der Waals surface area contributed by atoms with E-state index in [-0.39, 0.29) is 11.8 Å². The Kier molecular flexibility index (Phi) is 6.52. The van der Waals surface area contributed by atoms with Crippen LogP contribution in [-0.2, 0) is 9.53 Å². The average Bonchev–Trinajstić information content (AvgIpc) is 3.27. The molecule has 4 heteroatoms. The van der Waals surface area contributed by atoms with E-state index in [1.165, 1.54) is 0 Å². The molecule has 1 aliphatic carbocycles. The third-order valence-electron chi connectivity index (χ3n) is 3.84. The Morgan fingerprint density at radius 3 is 2.86 bits per heavy atom. The topological polar surface area (TPSA) is 38.3 Å². The average molecular weight is 310 g/mol. The summed E-state index contributed by atoms with van der Waals surface area (Å²) in [6.07, 6.45) is 4.04. The molecular weight excluding hydrogens is 286 g/mol. The van der Waals surface area contributed by atoms with Crippen molar-refractivity contribution in [1.29, 1.82) is 0 Å². The van der Waals surface area contributed by atoms with Crippen molar-refractivity contribution in [1.82, 2.24) is 5.32 Å². The minimum absolute atomic E-state index is 0.0888. The van der Waals surface area contributed by atoms with Gasteiger partial charge in [0.05, 0.1) is 0 Å². The number of rotatable bonds is 9. The Hall–Kier alpha value is -1.06. The molecule has 1 aromatic rings. The van der Waals surface area contributed by atoms with Crippen LogP contribution in [0.25, 0.3) is 0 Å². The number of hydrogen-bond acceptors (Lipinski definition) is 2. The van der Waals surface area contributed by atoms with Crippen molar-refractivity contribution in [3.63, 3.8) is 0 Å². The maximum atomic E-state index is 12.0. The second-order valence-electron chi connectivity index (χ2n) is 5.58. The molecule has 0 spiro atoms. The molecule has 0 aromatic heterocycles. The second kappa shape index (κ2) is 8.40. The molecule has 1 fully saturated rings. The number of halogens is 1. The Labute approximate surface area is 132 Å². The third-order valence-corrected chi connectivity index (χ3v) is 4.18. The maximum absolute atomic E-state index is 12.0. The van der Waals surface area contributed by atoms with E-state index < -0.39 is 0 Å². The van der Waals surface area contributed by atoms with Crippen LogP contribution in [0, 0.1) is 5.92 Å². The van der Waals surface area contributed by atoms with Gasteiger partial charge in [-0.15, -0.1) is 0 Å². The first-order valence-electron chi connectivity index (χ1n) is 7.84. The van der Waals surface area contributed by atoms with Gasteiger partial charge < -0.3 is 10.1 Å². The minimum Gasteiger partial charge on any atom is -0.381 e. The molecule has 0 saturated heterocycles. The van der Waals surface area contributed by atoms with Crippen molar-refractivity contribution in [2.75, 3.05) is 19.8 Å². The zero-order valence-corrected chi connectivity index (χ0v) is 13.4. The fraction of sp³-hybridized carbons (Fsp3) is 0.588. The summed E-state index contributed by atoms with van der Waals surface area (Å²) < 4.78 is 5.47. The summed E-state index contributed by atoms with van der Waals surface area (Å²) >= 11 is 6.17. The number of amides is 1. The molecule has 2 rings (SSSR count). The number of carbonyl (C=O) groups excluding carboxylic acids is 1. The lowest BCUT2D eigenvalue weighted by Crippen LogP contribution is -2.27. The van der Waals surface area contributed by atoms with Crippen molar-refractivity contribution in [3.05, 3.63) is 34.9 Å². The molecule has 1 saturated carbocycles. The fourth-order valence-electron chi connectivity index (χ4n) is 2.47. The standard InChI is InChI=1S/C17H24ClNO2/c1-2-3-10-21-11-6-9-19-17(20)15-12-14(15)13-7-4-5-8-16(13)18/h4-5,7-8,14-15H,2-3,6,9-12H2,1H3,(H,19,20). The van der Waals surface area contributed by atoms with Gasteiger partial charge in [-0.2, -0.15) is 0 Å². The second-order valence-corrected chi connectivity index (χ2v) is 5.99. The molecule has 1 aromatic carbocycles. The van der Waals surface area contributed by atoms with Crippen LogP contribution in [0.5, 0.6) is 0 Å². The molecule has 0 radical (unpaired) electrons. The quantitative estimate of drug-likeness (QED) is 0.705. The zero-order valence-electron chi connectivity index (χ0n) is 12.6. The molecule has 1 aliphatic rings. The lowest BCUT2D eigenvalue weighted by atomic mass is 10.1. The molecular formula is C17H24ClNO2. The van der Waals surface area contributed by atoms with Crippen molar-refractivity contribution >= 4 is 17.5 Å². The number of ether oxygens (including phenoxy) is 1. The van der Waals surface area contributed by atoms with E-state index in [9.17, 15) is 4.79 Å². The molecule has 3 nitrogen and oxygen atoms in total. The number of nitrogens with one attached hydrogen (secondary N) is 1. The third kappa shape index (κ3) is 5.01. The van der Waals surface area contributed by atoms with Gasteiger partial charge in [-0.25, -0.2) is 0 Å². The summed E-state index contributed by atoms with van der Waals surface area (Å²) in [5.74, 6) is 0.527. The van der Waals surface area contributed by atoms with Gasteiger partial charge >= 0.3 is 0 Å². The van der Waals surface area contributed by atoms with E-state index in [1.54, 1.807) is 0 Å². The highest BCUT2D eigenvalue weighted by Gasteiger charge is 2.44. The predicted octanol–water partition coefficient (Wildman–Crippen LogP) is 3.77. The summed E-state index contributed by atoms with van der Waals surface area (Å²) in [7, 11) is 0. The van der Waals surface area contributed by atoms with E-state index in [1.807, 2.05) is 24.3 Å². The van der Waals surface area contributed by atoms with Crippen LogP contribution in [0.15, 0.2) is 24.3 Å². The van der Waals surface area contributed by atoms with Crippen molar-refractivity contribution < 1.29 is 9.53 Å². The Morgan fingerprint density at radius 2 is 2.10 bits per heavy atom. The van der Waals surface area contributed by atoms with Gasteiger partial charge in [0, 0.05) is 30.7 Å². The molecule has 2 unspecified atom stereocenters. The summed E-state index contributed by atoms with van der Waals surface area (Å²) in [5, 5.41) is 3.76. The van der Waals surface area contributed by atoms with Gasteiger partial charge in [0.1, 0.15) is 0 Å². The highest BCUT2D eigenvalue weighted by molar-refractivity contribution is 6.31. The summed E-state index contributed by atoms with van der Waals surface area (Å²) in [6, 6.07) is 7.80. The van der Waals surface area contributed by atoms with Crippen LogP contribution in [-0.4, -0.2) is 25.7 Å². The normalized spacial score (nSPS) is 20.3. The Bertz CT molecular complexity index is 464. The molecule has 0 heterocycles. The molecule has 1 N–H and O–H groups in total. The summed E-state index contributed by atoms with van der Waals surface area (Å²) in [5.41, 5.74) is 1.10. The summed E-state index contributed by atoms with van der Waals surface area (Å²) in [6.45, 7) is 4.38. The zero-order chi connectivity index (χ0) is 15.1. The maximum Gasteiger partial charge on any atom is 0.223 e. The van der Waals surface area contributed by atoms with E-state index in [0.29, 0.717) is 12.5 Å². The molecule has 0 bridgehead atoms. The molecule has 21 heavy (non-hydrogen) atoms. The Morgan fingerprint density at radius 1 is 1.33 bits per heavy atom. The first-order valence-corrected chi connectivity index (χ1v) is 8.21. The van der Waals surface area contributed by atoms with Gasteiger partial charge in [0.15, 0.2) is 0 Å². The van der Waals surface area contributed by atoms with Gasteiger partial charge in [-0.1, -0.05) is 43.1 Å². The van der Waals surface area contributed by atoms with Crippen molar-refractivity contribution in [2.24, 2.45) is 5.92 Å². The largest absolute Gasteiger partial charge is 0.381 e. The lowest BCUT2D eigenvalue weighted by Gasteiger charge is -2.06. The van der Waals surface area contributed by atoms with Crippen LogP contribution in [0.2, 0.25) is 5.02 Å². The first kappa shape index (κ1) is 16.3.